The molecule has 0 radical (unpaired) electrons. The normalized spacial score (nSPS) is 14.6. The zero-order chi connectivity index (χ0) is 32.9. The van der Waals surface area contributed by atoms with Crippen molar-refractivity contribution in [3.8, 4) is 22.3 Å². The molecule has 0 saturated heterocycles. The van der Waals surface area contributed by atoms with E-state index in [1.165, 1.54) is 92.2 Å². The lowest BCUT2D eigenvalue weighted by molar-refractivity contribution is 1.14. The summed E-state index contributed by atoms with van der Waals surface area (Å²) in [4.78, 5) is 8.40. The number of nitrogens with one attached hydrogen (secondary N) is 1. The molecule has 234 valence electrons. The first-order chi connectivity index (χ1) is 24.1. The second-order valence-corrected chi connectivity index (χ2v) is 16.6. The van der Waals surface area contributed by atoms with Gasteiger partial charge in [0.1, 0.15) is 0 Å². The summed E-state index contributed by atoms with van der Waals surface area (Å²) in [5.41, 5.74) is 18.1. The molecule has 0 atom stereocenters. The number of nitrogens with zero attached hydrogens (tertiary/aromatic N) is 1. The Hall–Kier alpha value is -5.45. The second kappa shape index (κ2) is 10.5. The minimum atomic E-state index is -1.71. The molecule has 1 spiro atoms. The molecular formula is C45H35BN2S. The lowest BCUT2D eigenvalue weighted by atomic mass is 9.58. The van der Waals surface area contributed by atoms with Crippen LogP contribution >= 0.6 is 10.0 Å². The van der Waals surface area contributed by atoms with Crippen molar-refractivity contribution >= 4 is 56.7 Å². The molecule has 0 aromatic heterocycles. The van der Waals surface area contributed by atoms with Crippen molar-refractivity contribution in [3.05, 3.63) is 162 Å². The van der Waals surface area contributed by atoms with Gasteiger partial charge < -0.3 is 10.2 Å². The molecule has 7 aromatic rings. The number of aryl methyl sites for hydroxylation is 3. The molecule has 3 aliphatic rings. The number of hydrogen-bond acceptors (Lipinski definition) is 2. The molecule has 0 amide bonds. The lowest BCUT2D eigenvalue weighted by Gasteiger charge is -2.50. The quantitative estimate of drug-likeness (QED) is 0.192. The van der Waals surface area contributed by atoms with Gasteiger partial charge in [0.25, 0.3) is 0 Å². The minimum Gasteiger partial charge on any atom is -0.355 e. The van der Waals surface area contributed by atoms with E-state index in [-0.39, 0.29) is 0 Å². The number of rotatable bonds is 3. The Bertz CT molecular complexity index is 2470. The third kappa shape index (κ3) is 3.87. The van der Waals surface area contributed by atoms with Gasteiger partial charge in [-0.25, -0.2) is 0 Å². The van der Waals surface area contributed by atoms with E-state index in [0.29, 0.717) is 0 Å². The van der Waals surface area contributed by atoms with Crippen molar-refractivity contribution < 1.29 is 0 Å². The van der Waals surface area contributed by atoms with Crippen LogP contribution < -0.4 is 21.1 Å². The van der Waals surface area contributed by atoms with Crippen molar-refractivity contribution in [1.29, 1.82) is 0 Å². The zero-order valence-electron chi connectivity index (χ0n) is 27.9. The summed E-state index contributed by atoms with van der Waals surface area (Å²) >= 11 is 0. The van der Waals surface area contributed by atoms with Crippen molar-refractivity contribution in [2.24, 2.45) is 0 Å². The van der Waals surface area contributed by atoms with Crippen LogP contribution in [-0.2, 0) is 0 Å². The van der Waals surface area contributed by atoms with E-state index < -0.39 is 10.0 Å². The summed E-state index contributed by atoms with van der Waals surface area (Å²) in [6.45, 7) is 6.64. The SMILES string of the molecule is Cc1cc(-c2cccc(C)c2Nc2ccccc2C)c2c(c1)N1c3ccccc3S3(c4ccccc4-c4ccccc43)c3cccc(c31)B2. The van der Waals surface area contributed by atoms with E-state index in [1.54, 1.807) is 0 Å². The first-order valence-electron chi connectivity index (χ1n) is 17.1. The molecule has 10 rings (SSSR count). The smallest absolute Gasteiger partial charge is 0.198 e. The van der Waals surface area contributed by atoms with Gasteiger partial charge in [0.05, 0.1) is 11.4 Å². The summed E-state index contributed by atoms with van der Waals surface area (Å²) in [5.74, 6) is 0. The Morgan fingerprint density at radius 2 is 1.12 bits per heavy atom. The standard InChI is InChI=1S/C45H35BN2S/c1-28-26-34(33-18-12-15-30(3)44(33)47-36-20-7-4-14-29(36)2)43-38(27-28)48-37-21-8-11-24-41(37)49(42-25-13-19-35(46-43)45(42)48)39-22-9-5-16-31(39)32-17-6-10-23-40(32)49/h4-27,46-47H,1-3H3. The Balaban J connectivity index is 1.25. The van der Waals surface area contributed by atoms with Gasteiger partial charge in [-0.1, -0.05) is 109 Å². The lowest BCUT2D eigenvalue weighted by Crippen LogP contribution is -2.43. The van der Waals surface area contributed by atoms with Crippen LogP contribution in [0.15, 0.2) is 165 Å². The molecule has 7 aromatic carbocycles. The summed E-state index contributed by atoms with van der Waals surface area (Å²) in [5, 5.41) is 3.86. The third-order valence-electron chi connectivity index (χ3n) is 10.7. The van der Waals surface area contributed by atoms with Gasteiger partial charge in [-0.15, -0.1) is 10.0 Å². The molecular weight excluding hydrogens is 611 g/mol. The summed E-state index contributed by atoms with van der Waals surface area (Å²) in [6, 6.07) is 54.8. The molecule has 4 heteroatoms. The van der Waals surface area contributed by atoms with Gasteiger partial charge in [-0.3, -0.25) is 0 Å². The summed E-state index contributed by atoms with van der Waals surface area (Å²) in [6.07, 6.45) is 0. The molecule has 3 aliphatic heterocycles. The first-order valence-corrected chi connectivity index (χ1v) is 18.8. The van der Waals surface area contributed by atoms with Crippen LogP contribution in [0.4, 0.5) is 28.4 Å². The van der Waals surface area contributed by atoms with E-state index >= 15 is 0 Å². The van der Waals surface area contributed by atoms with Gasteiger partial charge in [0.2, 0.25) is 0 Å². The fourth-order valence-corrected chi connectivity index (χ4v) is 13.2. The number of hydrogen-bond donors (Lipinski definition) is 1. The topological polar surface area (TPSA) is 15.3 Å². The number of anilines is 5. The molecule has 0 saturated carbocycles. The summed E-state index contributed by atoms with van der Waals surface area (Å²) in [7, 11) is -0.831. The number of para-hydroxylation sites is 4. The predicted molar refractivity (Wildman–Crippen MR) is 209 cm³/mol. The highest BCUT2D eigenvalue weighted by Crippen LogP contribution is 2.84. The highest BCUT2D eigenvalue weighted by Gasteiger charge is 2.49. The van der Waals surface area contributed by atoms with E-state index in [4.69, 9.17) is 0 Å². The van der Waals surface area contributed by atoms with Crippen LogP contribution in [0.5, 0.6) is 0 Å². The van der Waals surface area contributed by atoms with E-state index in [9.17, 15) is 0 Å². The molecule has 0 fully saturated rings. The van der Waals surface area contributed by atoms with Crippen LogP contribution in [0.25, 0.3) is 22.3 Å². The average Bonchev–Trinajstić information content (AvgIpc) is 3.42. The first kappa shape index (κ1) is 28.6. The van der Waals surface area contributed by atoms with Crippen molar-refractivity contribution in [3.63, 3.8) is 0 Å². The van der Waals surface area contributed by atoms with Crippen LogP contribution in [0.1, 0.15) is 16.7 Å². The maximum absolute atomic E-state index is 3.86. The number of benzene rings is 7. The molecule has 1 N–H and O–H groups in total. The van der Waals surface area contributed by atoms with Crippen molar-refractivity contribution in [2.75, 3.05) is 10.2 Å². The monoisotopic (exact) mass is 646 g/mol. The highest BCUT2D eigenvalue weighted by atomic mass is 32.3. The summed E-state index contributed by atoms with van der Waals surface area (Å²) < 4.78 is 0. The minimum absolute atomic E-state index is 0.878. The Morgan fingerprint density at radius 1 is 0.510 bits per heavy atom. The second-order valence-electron chi connectivity index (χ2n) is 13.6. The molecule has 0 aliphatic carbocycles. The maximum atomic E-state index is 3.86. The van der Waals surface area contributed by atoms with Gasteiger partial charge in [-0.2, -0.15) is 0 Å². The Labute approximate surface area is 290 Å². The van der Waals surface area contributed by atoms with Gasteiger partial charge in [0.15, 0.2) is 7.28 Å². The zero-order valence-corrected chi connectivity index (χ0v) is 28.7. The van der Waals surface area contributed by atoms with E-state index in [1.807, 2.05) is 0 Å². The fraction of sp³-hybridized carbons (Fsp3) is 0.0667. The third-order valence-corrected chi connectivity index (χ3v) is 14.8. The van der Waals surface area contributed by atoms with Crippen LogP contribution in [-0.4, -0.2) is 7.28 Å². The molecule has 2 nitrogen and oxygen atoms in total. The van der Waals surface area contributed by atoms with Crippen molar-refractivity contribution in [1.82, 2.24) is 0 Å². The predicted octanol–water partition coefficient (Wildman–Crippen LogP) is 10.8. The molecule has 0 unspecified atom stereocenters. The number of fused-ring (bicyclic) bond motifs is 11. The highest BCUT2D eigenvalue weighted by molar-refractivity contribution is 8.34. The van der Waals surface area contributed by atoms with Crippen LogP contribution in [0, 0.1) is 20.8 Å². The molecule has 3 heterocycles. The van der Waals surface area contributed by atoms with Gasteiger partial charge >= 0.3 is 0 Å². The van der Waals surface area contributed by atoms with Crippen LogP contribution in [0.3, 0.4) is 0 Å². The molecule has 49 heavy (non-hydrogen) atoms. The van der Waals surface area contributed by atoms with Crippen LogP contribution in [0.2, 0.25) is 0 Å². The van der Waals surface area contributed by atoms with E-state index in [2.05, 4.69) is 177 Å². The molecule has 0 bridgehead atoms. The Morgan fingerprint density at radius 3 is 1.90 bits per heavy atom. The van der Waals surface area contributed by atoms with E-state index in [0.717, 1.165) is 13.0 Å². The van der Waals surface area contributed by atoms with Gasteiger partial charge in [0, 0.05) is 42.2 Å². The largest absolute Gasteiger partial charge is 0.355 e. The van der Waals surface area contributed by atoms with Crippen molar-refractivity contribution in [2.45, 2.75) is 40.4 Å². The average molecular weight is 647 g/mol. The maximum Gasteiger partial charge on any atom is 0.198 e. The Kier molecular flexibility index (Phi) is 6.13. The fourth-order valence-electron chi connectivity index (χ4n) is 8.63. The van der Waals surface area contributed by atoms with Gasteiger partial charge in [-0.05, 0) is 102 Å².